The molecule has 0 aliphatic heterocycles. The van der Waals surface area contributed by atoms with Crippen LogP contribution in [-0.4, -0.2) is 22.5 Å². The summed E-state index contributed by atoms with van der Waals surface area (Å²) >= 11 is 2.27. The molecule has 0 fully saturated rings. The van der Waals surface area contributed by atoms with Crippen LogP contribution in [0.1, 0.15) is 32.6 Å². The maximum atomic E-state index is 10.5. The molecule has 0 radical (unpaired) electrons. The summed E-state index contributed by atoms with van der Waals surface area (Å²) in [5, 5.41) is 0. The molecule has 0 saturated carbocycles. The lowest BCUT2D eigenvalue weighted by molar-refractivity contribution is -0.117. The van der Waals surface area contributed by atoms with Gasteiger partial charge >= 0.3 is 0 Å². The highest BCUT2D eigenvalue weighted by Gasteiger charge is 1.94. The monoisotopic (exact) mass is 269 g/mol. The van der Waals surface area contributed by atoms with Crippen LogP contribution >= 0.6 is 22.9 Å². The predicted molar refractivity (Wildman–Crippen MR) is 55.8 cm³/mol. The Bertz CT molecular complexity index is 115. The lowest BCUT2D eigenvalue weighted by Crippen LogP contribution is -2.05. The van der Waals surface area contributed by atoms with Gasteiger partial charge in [0.15, 0.2) is 0 Å². The fourth-order valence-electron chi connectivity index (χ4n) is 0.880. The van der Waals surface area contributed by atoms with E-state index in [-0.39, 0.29) is 0 Å². The second-order valence-corrected chi connectivity index (χ2v) is 4.49. The number of carbonyl (C=O) groups excluding carboxylic acids is 1. The molecule has 3 heteroatoms. The van der Waals surface area contributed by atoms with Gasteiger partial charge in [0.25, 0.3) is 0 Å². The van der Waals surface area contributed by atoms with Gasteiger partial charge in [0.1, 0.15) is 5.78 Å². The lowest BCUT2D eigenvalue weighted by Gasteiger charge is -2.05. The average molecular weight is 269 g/mol. The zero-order chi connectivity index (χ0) is 8.69. The fraction of sp³-hybridized carbons (Fsp3) is 0.875. The van der Waals surface area contributed by atoms with Gasteiger partial charge in [0.2, 0.25) is 0 Å². The van der Waals surface area contributed by atoms with E-state index in [1.54, 1.807) is 6.92 Å². The molecule has 0 heterocycles. The Morgan fingerprint density at radius 2 is 2.00 bits per heavy atom. The van der Waals surface area contributed by atoms with E-state index in [2.05, 4.69) is 33.0 Å². The number of halogens is 1. The Balaban J connectivity index is 2.97. The zero-order valence-electron chi connectivity index (χ0n) is 7.27. The summed E-state index contributed by atoms with van der Waals surface area (Å²) in [4.78, 5) is 10.5. The number of Topliss-reactive ketones (excluding diaryl/α,β-unsaturated/α-hetero) is 1. The van der Waals surface area contributed by atoms with Crippen molar-refractivity contribution in [2.75, 3.05) is 13.6 Å². The topological polar surface area (TPSA) is 20.3 Å². The Morgan fingerprint density at radius 3 is 2.45 bits per heavy atom. The van der Waals surface area contributed by atoms with Crippen LogP contribution in [0, 0.1) is 0 Å². The minimum absolute atomic E-state index is 0.313. The summed E-state index contributed by atoms with van der Waals surface area (Å²) in [7, 11) is 2.06. The van der Waals surface area contributed by atoms with Gasteiger partial charge in [-0.25, -0.2) is 0 Å². The molecular formula is C8H16INO. The lowest BCUT2D eigenvalue weighted by atomic mass is 10.1. The molecule has 2 nitrogen and oxygen atoms in total. The van der Waals surface area contributed by atoms with Crippen molar-refractivity contribution in [3.05, 3.63) is 0 Å². The summed E-state index contributed by atoms with van der Waals surface area (Å²) in [6.45, 7) is 2.78. The van der Waals surface area contributed by atoms with Gasteiger partial charge in [-0.1, -0.05) is 6.42 Å². The first kappa shape index (κ1) is 11.4. The van der Waals surface area contributed by atoms with Crippen LogP contribution in [-0.2, 0) is 4.79 Å². The van der Waals surface area contributed by atoms with E-state index in [1.165, 1.54) is 12.8 Å². The second kappa shape index (κ2) is 7.03. The highest BCUT2D eigenvalue weighted by atomic mass is 127. The molecule has 0 aromatic carbocycles. The Kier molecular flexibility index (Phi) is 7.26. The first-order valence-corrected chi connectivity index (χ1v) is 4.96. The van der Waals surface area contributed by atoms with Gasteiger partial charge in [-0.2, -0.15) is 0 Å². The van der Waals surface area contributed by atoms with Crippen LogP contribution in [0.3, 0.4) is 0 Å². The fourth-order valence-corrected chi connectivity index (χ4v) is 1.22. The third kappa shape index (κ3) is 10.4. The number of unbranched alkanes of at least 4 members (excludes halogenated alkanes) is 2. The molecule has 0 aromatic heterocycles. The second-order valence-electron chi connectivity index (χ2n) is 2.84. The maximum Gasteiger partial charge on any atom is 0.129 e. The van der Waals surface area contributed by atoms with Gasteiger partial charge in [-0.3, -0.25) is 3.11 Å². The summed E-state index contributed by atoms with van der Waals surface area (Å²) in [6, 6.07) is 0. The number of nitrogens with zero attached hydrogens (tertiary/aromatic N) is 1. The standard InChI is InChI=1S/C8H16INO/c1-8(11)6-4-3-5-7-10(2)9/h3-7H2,1-2H3. The van der Waals surface area contributed by atoms with Gasteiger partial charge in [0.05, 0.1) is 0 Å². The third-order valence-electron chi connectivity index (χ3n) is 1.50. The molecule has 0 aromatic rings. The van der Waals surface area contributed by atoms with Crippen molar-refractivity contribution in [3.63, 3.8) is 0 Å². The molecule has 11 heavy (non-hydrogen) atoms. The van der Waals surface area contributed by atoms with Crippen LogP contribution < -0.4 is 0 Å². The zero-order valence-corrected chi connectivity index (χ0v) is 9.43. The van der Waals surface area contributed by atoms with E-state index in [0.717, 1.165) is 19.4 Å². The van der Waals surface area contributed by atoms with Crippen molar-refractivity contribution in [2.45, 2.75) is 32.6 Å². The Labute approximate surface area is 82.8 Å². The van der Waals surface area contributed by atoms with Crippen molar-refractivity contribution < 1.29 is 4.79 Å². The first-order valence-electron chi connectivity index (χ1n) is 3.99. The quantitative estimate of drug-likeness (QED) is 0.419. The van der Waals surface area contributed by atoms with Crippen LogP contribution in [0.4, 0.5) is 0 Å². The molecule has 0 aliphatic carbocycles. The van der Waals surface area contributed by atoms with Crippen molar-refractivity contribution in [1.29, 1.82) is 0 Å². The van der Waals surface area contributed by atoms with Crippen LogP contribution in [0.2, 0.25) is 0 Å². The number of ketones is 1. The number of hydrogen-bond donors (Lipinski definition) is 0. The number of carbonyl (C=O) groups is 1. The van der Waals surface area contributed by atoms with Gasteiger partial charge in [0, 0.05) is 35.8 Å². The molecule has 0 atom stereocenters. The van der Waals surface area contributed by atoms with E-state index in [4.69, 9.17) is 0 Å². The van der Waals surface area contributed by atoms with Crippen molar-refractivity contribution in [2.24, 2.45) is 0 Å². The molecule has 0 unspecified atom stereocenters. The minimum Gasteiger partial charge on any atom is -0.300 e. The highest BCUT2D eigenvalue weighted by molar-refractivity contribution is 14.1. The van der Waals surface area contributed by atoms with Crippen molar-refractivity contribution in [3.8, 4) is 0 Å². The molecule has 0 spiro atoms. The molecule has 66 valence electrons. The molecule has 0 bridgehead atoms. The molecule has 0 saturated heterocycles. The summed E-state index contributed by atoms with van der Waals surface area (Å²) in [6.07, 6.45) is 4.18. The summed E-state index contributed by atoms with van der Waals surface area (Å²) < 4.78 is 2.14. The normalized spacial score (nSPS) is 10.5. The van der Waals surface area contributed by atoms with Gasteiger partial charge < -0.3 is 4.79 Å². The van der Waals surface area contributed by atoms with E-state index in [1.807, 2.05) is 0 Å². The number of hydrogen-bond acceptors (Lipinski definition) is 2. The van der Waals surface area contributed by atoms with E-state index >= 15 is 0 Å². The van der Waals surface area contributed by atoms with E-state index in [9.17, 15) is 4.79 Å². The SMILES string of the molecule is CC(=O)CCCCCN(C)I. The Morgan fingerprint density at radius 1 is 1.36 bits per heavy atom. The maximum absolute atomic E-state index is 10.5. The van der Waals surface area contributed by atoms with Crippen molar-refractivity contribution >= 4 is 28.6 Å². The van der Waals surface area contributed by atoms with Gasteiger partial charge in [-0.15, -0.1) is 0 Å². The third-order valence-corrected chi connectivity index (χ3v) is 1.98. The van der Waals surface area contributed by atoms with E-state index < -0.39 is 0 Å². The minimum atomic E-state index is 0.313. The predicted octanol–water partition coefficient (Wildman–Crippen LogP) is 2.42. The van der Waals surface area contributed by atoms with E-state index in [0.29, 0.717) is 5.78 Å². The molecule has 0 N–H and O–H groups in total. The molecule has 0 amide bonds. The van der Waals surface area contributed by atoms with Crippen LogP contribution in [0.15, 0.2) is 0 Å². The van der Waals surface area contributed by atoms with Crippen LogP contribution in [0.25, 0.3) is 0 Å². The average Bonchev–Trinajstić information content (AvgIpc) is 1.85. The van der Waals surface area contributed by atoms with Gasteiger partial charge in [-0.05, 0) is 26.8 Å². The molecule has 0 aliphatic rings. The summed E-state index contributed by atoms with van der Waals surface area (Å²) in [5.41, 5.74) is 0. The highest BCUT2D eigenvalue weighted by Crippen LogP contribution is 2.03. The summed E-state index contributed by atoms with van der Waals surface area (Å²) in [5.74, 6) is 0.313. The first-order chi connectivity index (χ1) is 5.13. The Hall–Kier alpha value is 0.360. The smallest absolute Gasteiger partial charge is 0.129 e. The molecule has 0 rings (SSSR count). The molecular weight excluding hydrogens is 253 g/mol. The largest absolute Gasteiger partial charge is 0.300 e. The van der Waals surface area contributed by atoms with Crippen molar-refractivity contribution in [1.82, 2.24) is 3.11 Å². The van der Waals surface area contributed by atoms with Crippen LogP contribution in [0.5, 0.6) is 0 Å². The number of rotatable bonds is 6.